The first kappa shape index (κ1) is 15.7. The Hall–Kier alpha value is -3.22. The van der Waals surface area contributed by atoms with Crippen LogP contribution in [-0.2, 0) is 18.3 Å². The number of methoxy groups -OCH3 is 1. The Morgan fingerprint density at radius 3 is 2.71 bits per heavy atom. The van der Waals surface area contributed by atoms with Crippen molar-refractivity contribution in [1.82, 2.24) is 14.1 Å². The third kappa shape index (κ3) is 2.60. The van der Waals surface area contributed by atoms with Crippen LogP contribution < -0.4 is 11.2 Å². The predicted octanol–water partition coefficient (Wildman–Crippen LogP) is 0.930. The SMILES string of the molecule is COC(=O)c1ccc2c(c1)c(=O)n(Cc1cccnc1)c(=O)n2C. The summed E-state index contributed by atoms with van der Waals surface area (Å²) in [5.41, 5.74) is 0.568. The highest BCUT2D eigenvalue weighted by Crippen LogP contribution is 2.12. The lowest BCUT2D eigenvalue weighted by Gasteiger charge is -2.11. The second-order valence-electron chi connectivity index (χ2n) is 5.32. The number of ether oxygens (including phenoxy) is 1. The zero-order valence-corrected chi connectivity index (χ0v) is 13.2. The van der Waals surface area contributed by atoms with Crippen molar-refractivity contribution in [3.63, 3.8) is 0 Å². The first-order valence-electron chi connectivity index (χ1n) is 7.23. The molecule has 0 aliphatic carbocycles. The van der Waals surface area contributed by atoms with E-state index in [2.05, 4.69) is 9.72 Å². The van der Waals surface area contributed by atoms with Crippen molar-refractivity contribution in [2.75, 3.05) is 7.11 Å². The molecule has 0 aliphatic rings. The smallest absolute Gasteiger partial charge is 0.337 e. The number of hydrogen-bond donors (Lipinski definition) is 0. The van der Waals surface area contributed by atoms with Crippen LogP contribution >= 0.6 is 0 Å². The van der Waals surface area contributed by atoms with Gasteiger partial charge in [0, 0.05) is 19.4 Å². The highest BCUT2D eigenvalue weighted by molar-refractivity contribution is 5.94. The minimum Gasteiger partial charge on any atom is -0.465 e. The number of nitrogens with zero attached hydrogens (tertiary/aromatic N) is 3. The van der Waals surface area contributed by atoms with Crippen LogP contribution in [0.5, 0.6) is 0 Å². The molecule has 3 rings (SSSR count). The topological polar surface area (TPSA) is 83.2 Å². The van der Waals surface area contributed by atoms with E-state index in [1.54, 1.807) is 37.6 Å². The molecule has 0 N–H and O–H groups in total. The van der Waals surface area contributed by atoms with Crippen molar-refractivity contribution < 1.29 is 9.53 Å². The Balaban J connectivity index is 2.25. The summed E-state index contributed by atoms with van der Waals surface area (Å²) in [5.74, 6) is -0.538. The maximum atomic E-state index is 12.7. The van der Waals surface area contributed by atoms with Crippen LogP contribution in [-0.4, -0.2) is 27.2 Å². The summed E-state index contributed by atoms with van der Waals surface area (Å²) in [6.45, 7) is 0.109. The molecule has 24 heavy (non-hydrogen) atoms. The number of carbonyl (C=O) groups is 1. The molecule has 0 fully saturated rings. The van der Waals surface area contributed by atoms with Crippen molar-refractivity contribution in [2.24, 2.45) is 7.05 Å². The summed E-state index contributed by atoms with van der Waals surface area (Å²) in [6, 6.07) is 8.06. The normalized spacial score (nSPS) is 10.8. The van der Waals surface area contributed by atoms with Crippen LogP contribution in [0.2, 0.25) is 0 Å². The monoisotopic (exact) mass is 325 g/mol. The molecule has 0 unspecified atom stereocenters. The van der Waals surface area contributed by atoms with E-state index < -0.39 is 17.2 Å². The minimum absolute atomic E-state index is 0.109. The summed E-state index contributed by atoms with van der Waals surface area (Å²) in [7, 11) is 2.86. The lowest BCUT2D eigenvalue weighted by Crippen LogP contribution is -2.39. The highest BCUT2D eigenvalue weighted by Gasteiger charge is 2.14. The fourth-order valence-electron chi connectivity index (χ4n) is 2.57. The van der Waals surface area contributed by atoms with Gasteiger partial charge < -0.3 is 4.74 Å². The first-order valence-corrected chi connectivity index (χ1v) is 7.23. The molecular weight excluding hydrogens is 310 g/mol. The van der Waals surface area contributed by atoms with Gasteiger partial charge in [-0.1, -0.05) is 6.07 Å². The Kier molecular flexibility index (Phi) is 3.99. The Morgan fingerprint density at radius 2 is 2.04 bits per heavy atom. The molecule has 1 aromatic carbocycles. The first-order chi connectivity index (χ1) is 11.5. The number of benzene rings is 1. The van der Waals surface area contributed by atoms with Gasteiger partial charge >= 0.3 is 11.7 Å². The van der Waals surface area contributed by atoms with E-state index in [1.165, 1.54) is 23.8 Å². The summed E-state index contributed by atoms with van der Waals surface area (Å²) >= 11 is 0. The Labute approximate surface area is 136 Å². The molecule has 0 bridgehead atoms. The van der Waals surface area contributed by atoms with Crippen LogP contribution in [0.3, 0.4) is 0 Å². The van der Waals surface area contributed by atoms with Gasteiger partial charge in [-0.05, 0) is 29.8 Å². The van der Waals surface area contributed by atoms with Gasteiger partial charge in [0.25, 0.3) is 5.56 Å². The maximum absolute atomic E-state index is 12.7. The number of pyridine rings is 1. The van der Waals surface area contributed by atoms with E-state index >= 15 is 0 Å². The molecule has 7 nitrogen and oxygen atoms in total. The number of aromatic nitrogens is 3. The minimum atomic E-state index is -0.538. The van der Waals surface area contributed by atoms with Crippen LogP contribution in [0.1, 0.15) is 15.9 Å². The van der Waals surface area contributed by atoms with Gasteiger partial charge in [0.05, 0.1) is 30.1 Å². The third-order valence-electron chi connectivity index (χ3n) is 3.84. The number of aryl methyl sites for hydroxylation is 1. The molecule has 7 heteroatoms. The van der Waals surface area contributed by atoms with E-state index in [9.17, 15) is 14.4 Å². The fourth-order valence-corrected chi connectivity index (χ4v) is 2.57. The number of rotatable bonds is 3. The highest BCUT2D eigenvalue weighted by atomic mass is 16.5. The molecule has 0 radical (unpaired) electrons. The van der Waals surface area contributed by atoms with Gasteiger partial charge in [-0.2, -0.15) is 0 Å². The number of esters is 1. The van der Waals surface area contributed by atoms with E-state index in [0.717, 1.165) is 10.1 Å². The van der Waals surface area contributed by atoms with Gasteiger partial charge in [0.15, 0.2) is 0 Å². The molecule has 0 saturated heterocycles. The summed E-state index contributed by atoms with van der Waals surface area (Å²) in [6.07, 6.45) is 3.22. The molecular formula is C17H15N3O4. The summed E-state index contributed by atoms with van der Waals surface area (Å²) < 4.78 is 7.19. The molecule has 0 aliphatic heterocycles. The van der Waals surface area contributed by atoms with Crippen molar-refractivity contribution in [3.05, 3.63) is 74.7 Å². The van der Waals surface area contributed by atoms with E-state index in [-0.39, 0.29) is 17.5 Å². The predicted molar refractivity (Wildman–Crippen MR) is 88.1 cm³/mol. The maximum Gasteiger partial charge on any atom is 0.337 e. The number of carbonyl (C=O) groups excluding carboxylic acids is 1. The number of hydrogen-bond acceptors (Lipinski definition) is 5. The van der Waals surface area contributed by atoms with Crippen molar-refractivity contribution in [3.8, 4) is 0 Å². The Morgan fingerprint density at radius 1 is 1.25 bits per heavy atom. The quantitative estimate of drug-likeness (QED) is 0.669. The fraction of sp³-hybridized carbons (Fsp3) is 0.176. The molecule has 2 heterocycles. The molecule has 0 saturated carbocycles. The van der Waals surface area contributed by atoms with Crippen LogP contribution in [0, 0.1) is 0 Å². The van der Waals surface area contributed by atoms with Crippen molar-refractivity contribution >= 4 is 16.9 Å². The van der Waals surface area contributed by atoms with Gasteiger partial charge in [-0.15, -0.1) is 0 Å². The van der Waals surface area contributed by atoms with Gasteiger partial charge in [0.2, 0.25) is 0 Å². The second kappa shape index (κ2) is 6.11. The van der Waals surface area contributed by atoms with Crippen LogP contribution in [0.25, 0.3) is 10.9 Å². The summed E-state index contributed by atoms with van der Waals surface area (Å²) in [4.78, 5) is 40.9. The zero-order valence-electron chi connectivity index (χ0n) is 13.2. The average molecular weight is 325 g/mol. The summed E-state index contributed by atoms with van der Waals surface area (Å²) in [5, 5.41) is 0.281. The number of fused-ring (bicyclic) bond motifs is 1. The van der Waals surface area contributed by atoms with Gasteiger partial charge in [-0.25, -0.2) is 9.59 Å². The van der Waals surface area contributed by atoms with Gasteiger partial charge in [0.1, 0.15) is 0 Å². The lowest BCUT2D eigenvalue weighted by atomic mass is 10.1. The largest absolute Gasteiger partial charge is 0.465 e. The van der Waals surface area contributed by atoms with E-state index in [4.69, 9.17) is 0 Å². The van der Waals surface area contributed by atoms with E-state index in [0.29, 0.717) is 5.52 Å². The van der Waals surface area contributed by atoms with E-state index in [1.807, 2.05) is 0 Å². The average Bonchev–Trinajstić information content (AvgIpc) is 2.63. The zero-order chi connectivity index (χ0) is 17.3. The molecule has 0 amide bonds. The molecule has 0 spiro atoms. The third-order valence-corrected chi connectivity index (χ3v) is 3.84. The van der Waals surface area contributed by atoms with Gasteiger partial charge in [-0.3, -0.25) is 18.9 Å². The molecule has 0 atom stereocenters. The molecule has 2 aromatic heterocycles. The molecule has 3 aromatic rings. The Bertz CT molecular complexity index is 1040. The van der Waals surface area contributed by atoms with Crippen molar-refractivity contribution in [2.45, 2.75) is 6.54 Å². The second-order valence-corrected chi connectivity index (χ2v) is 5.32. The standard InChI is InChI=1S/C17H15N3O4/c1-19-14-6-5-12(16(22)24-2)8-13(14)15(21)20(17(19)23)10-11-4-3-7-18-9-11/h3-9H,10H2,1-2H3. The molecule has 122 valence electrons. The van der Waals surface area contributed by atoms with Crippen LogP contribution in [0.4, 0.5) is 0 Å². The van der Waals surface area contributed by atoms with Crippen molar-refractivity contribution in [1.29, 1.82) is 0 Å². The van der Waals surface area contributed by atoms with Crippen LogP contribution in [0.15, 0.2) is 52.3 Å². The lowest BCUT2D eigenvalue weighted by molar-refractivity contribution is 0.0601.